The number of halogens is 2. The van der Waals surface area contributed by atoms with Gasteiger partial charge in [-0.25, -0.2) is 4.39 Å². The molecule has 0 bridgehead atoms. The summed E-state index contributed by atoms with van der Waals surface area (Å²) in [6.07, 6.45) is 8.19. The van der Waals surface area contributed by atoms with E-state index in [1.807, 2.05) is 20.8 Å². The van der Waals surface area contributed by atoms with Crippen LogP contribution in [-0.4, -0.2) is 7.11 Å². The molecule has 0 atom stereocenters. The highest BCUT2D eigenvalue weighted by Crippen LogP contribution is 2.38. The minimum absolute atomic E-state index is 0. The Morgan fingerprint density at radius 3 is 2.24 bits per heavy atom. The van der Waals surface area contributed by atoms with Crippen LogP contribution in [0.15, 0.2) is 24.3 Å². The second-order valence-electron chi connectivity index (χ2n) is 5.12. The molecule has 1 aromatic carbocycles. The Balaban J connectivity index is 0.00000141. The third kappa shape index (κ3) is 4.29. The Labute approximate surface area is 128 Å². The van der Waals surface area contributed by atoms with E-state index in [1.54, 1.807) is 6.07 Å². The summed E-state index contributed by atoms with van der Waals surface area (Å²) in [7, 11) is 1.35. The molecule has 0 saturated heterocycles. The van der Waals surface area contributed by atoms with Crippen LogP contribution in [0.1, 0.15) is 59.4 Å². The zero-order chi connectivity index (χ0) is 15.8. The van der Waals surface area contributed by atoms with E-state index < -0.39 is 11.6 Å². The van der Waals surface area contributed by atoms with Gasteiger partial charge in [0.1, 0.15) is 0 Å². The second-order valence-corrected chi connectivity index (χ2v) is 5.12. The van der Waals surface area contributed by atoms with Crippen molar-refractivity contribution in [2.24, 2.45) is 5.92 Å². The Hall–Kier alpha value is -1.38. The van der Waals surface area contributed by atoms with Gasteiger partial charge < -0.3 is 4.74 Å². The molecule has 0 spiro atoms. The minimum Gasteiger partial charge on any atom is -0.494 e. The summed E-state index contributed by atoms with van der Waals surface area (Å²) < 4.78 is 32.5. The molecule has 120 valence electrons. The number of rotatable bonds is 3. The van der Waals surface area contributed by atoms with Crippen LogP contribution in [0.5, 0.6) is 5.75 Å². The molecule has 1 aromatic rings. The molecule has 1 aliphatic rings. The maximum atomic E-state index is 14.0. The number of hydrogen-bond acceptors (Lipinski definition) is 1. The van der Waals surface area contributed by atoms with E-state index in [4.69, 9.17) is 4.74 Å². The first-order valence-corrected chi connectivity index (χ1v) is 7.82. The first-order chi connectivity index (χ1) is 10.2. The van der Waals surface area contributed by atoms with Crippen LogP contribution < -0.4 is 4.74 Å². The third-order valence-corrected chi connectivity index (χ3v) is 3.97. The van der Waals surface area contributed by atoms with Gasteiger partial charge in [0.15, 0.2) is 11.6 Å². The number of allylic oxidation sites excluding steroid dienone is 2. The zero-order valence-corrected chi connectivity index (χ0v) is 13.5. The highest BCUT2D eigenvalue weighted by atomic mass is 19.2. The molecule has 1 aliphatic carbocycles. The minimum atomic E-state index is -0.865. The van der Waals surface area contributed by atoms with Crippen molar-refractivity contribution >= 4 is 0 Å². The van der Waals surface area contributed by atoms with E-state index in [-0.39, 0.29) is 13.1 Å². The molecule has 3 heteroatoms. The monoisotopic (exact) mass is 298 g/mol. The quantitative estimate of drug-likeness (QED) is 0.613. The van der Waals surface area contributed by atoms with E-state index in [1.165, 1.54) is 13.2 Å². The predicted octanol–water partition coefficient (Wildman–Crippen LogP) is 6.10. The molecular weight excluding hydrogens is 270 g/mol. The number of hydrogen-bond donors (Lipinski definition) is 0. The van der Waals surface area contributed by atoms with E-state index in [2.05, 4.69) is 12.2 Å². The van der Waals surface area contributed by atoms with Crippen LogP contribution in [-0.2, 0) is 0 Å². The fraction of sp³-hybridized carbons (Fsp3) is 0.556. The van der Waals surface area contributed by atoms with Crippen LogP contribution in [0.3, 0.4) is 0 Å². The number of methoxy groups -OCH3 is 1. The van der Waals surface area contributed by atoms with Crippen molar-refractivity contribution in [1.82, 2.24) is 0 Å². The molecule has 0 heterocycles. The van der Waals surface area contributed by atoms with Crippen LogP contribution in [0.25, 0.3) is 0 Å². The molecule has 0 amide bonds. The lowest BCUT2D eigenvalue weighted by atomic mass is 9.78. The average Bonchev–Trinajstić information content (AvgIpc) is 2.53. The van der Waals surface area contributed by atoms with Crippen LogP contribution in [0, 0.1) is 17.6 Å². The van der Waals surface area contributed by atoms with Gasteiger partial charge >= 0.3 is 0 Å². The van der Waals surface area contributed by atoms with Gasteiger partial charge in [-0.15, -0.1) is 0 Å². The lowest BCUT2D eigenvalue weighted by Gasteiger charge is -2.27. The van der Waals surface area contributed by atoms with E-state index in [9.17, 15) is 8.78 Å². The highest BCUT2D eigenvalue weighted by molar-refractivity contribution is 5.33. The smallest absolute Gasteiger partial charge is 0.200 e. The van der Waals surface area contributed by atoms with Crippen molar-refractivity contribution in [3.05, 3.63) is 41.5 Å². The predicted molar refractivity (Wildman–Crippen MR) is 85.9 cm³/mol. The topological polar surface area (TPSA) is 9.23 Å². The molecular formula is C18H28F2O. The summed E-state index contributed by atoms with van der Waals surface area (Å²) in [5, 5.41) is 0. The van der Waals surface area contributed by atoms with Crippen LogP contribution >= 0.6 is 0 Å². The fourth-order valence-electron chi connectivity index (χ4n) is 2.91. The highest BCUT2D eigenvalue weighted by Gasteiger charge is 2.25. The summed E-state index contributed by atoms with van der Waals surface area (Å²) in [4.78, 5) is 0. The van der Waals surface area contributed by atoms with Gasteiger partial charge in [0.2, 0.25) is 5.82 Å². The zero-order valence-electron chi connectivity index (χ0n) is 13.5. The molecule has 1 saturated carbocycles. The molecule has 0 N–H and O–H groups in total. The SMILES string of the molecule is C/C=C/C1CCC(c2ccc(OC)c(F)c2F)CC1.CC.[HH]. The standard InChI is InChI=1S/C16H20F2O.C2H6.H2/c1-3-4-11-5-7-12(8-6-11)13-9-10-14(19-2)16(18)15(13)17;1-2;/h3-4,9-12H,5-8H2,1-2H3;1-2H3;1H/b4-3+;;. The lowest BCUT2D eigenvalue weighted by Crippen LogP contribution is -2.13. The van der Waals surface area contributed by atoms with E-state index >= 15 is 0 Å². The van der Waals surface area contributed by atoms with Gasteiger partial charge in [-0.3, -0.25) is 0 Å². The Bertz CT molecular complexity index is 466. The summed E-state index contributed by atoms with van der Waals surface area (Å²) in [5.41, 5.74) is 0.497. The van der Waals surface area contributed by atoms with Gasteiger partial charge in [-0.05, 0) is 56.1 Å². The molecule has 2 rings (SSSR count). The van der Waals surface area contributed by atoms with Crippen molar-refractivity contribution in [3.8, 4) is 5.75 Å². The molecule has 0 aliphatic heterocycles. The van der Waals surface area contributed by atoms with Crippen LogP contribution in [0.2, 0.25) is 0 Å². The Kier molecular flexibility index (Phi) is 7.41. The van der Waals surface area contributed by atoms with Crippen molar-refractivity contribution < 1.29 is 14.9 Å². The van der Waals surface area contributed by atoms with Crippen molar-refractivity contribution in [1.29, 1.82) is 0 Å². The summed E-state index contributed by atoms with van der Waals surface area (Å²) in [5.74, 6) is -0.914. The summed E-state index contributed by atoms with van der Waals surface area (Å²) in [6, 6.07) is 3.18. The van der Waals surface area contributed by atoms with E-state index in [0.29, 0.717) is 11.5 Å². The maximum Gasteiger partial charge on any atom is 0.200 e. The molecule has 1 nitrogen and oxygen atoms in total. The lowest BCUT2D eigenvalue weighted by molar-refractivity contribution is 0.349. The molecule has 0 aromatic heterocycles. The van der Waals surface area contributed by atoms with Crippen molar-refractivity contribution in [3.63, 3.8) is 0 Å². The van der Waals surface area contributed by atoms with Crippen molar-refractivity contribution in [2.75, 3.05) is 7.11 Å². The number of ether oxygens (including phenoxy) is 1. The summed E-state index contributed by atoms with van der Waals surface area (Å²) >= 11 is 0. The van der Waals surface area contributed by atoms with Gasteiger partial charge in [-0.2, -0.15) is 4.39 Å². The molecule has 0 radical (unpaired) electrons. The fourth-order valence-corrected chi connectivity index (χ4v) is 2.91. The van der Waals surface area contributed by atoms with E-state index in [0.717, 1.165) is 25.7 Å². The molecule has 0 unspecified atom stereocenters. The Morgan fingerprint density at radius 1 is 1.10 bits per heavy atom. The first kappa shape index (κ1) is 17.7. The van der Waals surface area contributed by atoms with Gasteiger partial charge in [0.25, 0.3) is 0 Å². The Morgan fingerprint density at radius 2 is 1.71 bits per heavy atom. The molecule has 21 heavy (non-hydrogen) atoms. The van der Waals surface area contributed by atoms with Gasteiger partial charge in [-0.1, -0.05) is 32.1 Å². The largest absolute Gasteiger partial charge is 0.494 e. The average molecular weight is 298 g/mol. The van der Waals surface area contributed by atoms with Gasteiger partial charge in [0, 0.05) is 1.43 Å². The first-order valence-electron chi connectivity index (χ1n) is 7.82. The summed E-state index contributed by atoms with van der Waals surface area (Å²) in [6.45, 7) is 6.02. The third-order valence-electron chi connectivity index (χ3n) is 3.97. The number of benzene rings is 1. The van der Waals surface area contributed by atoms with Gasteiger partial charge in [0.05, 0.1) is 7.11 Å². The normalized spacial score (nSPS) is 21.8. The second kappa shape index (κ2) is 8.81. The maximum absolute atomic E-state index is 14.0. The van der Waals surface area contributed by atoms with Crippen LogP contribution in [0.4, 0.5) is 8.78 Å². The molecule has 1 fully saturated rings. The van der Waals surface area contributed by atoms with Crippen molar-refractivity contribution in [2.45, 2.75) is 52.4 Å².